The first-order chi connectivity index (χ1) is 8.54. The molecular weight excluding hydrogens is 234 g/mol. The van der Waals surface area contributed by atoms with Crippen molar-refractivity contribution in [1.29, 1.82) is 0 Å². The van der Waals surface area contributed by atoms with Gasteiger partial charge in [0.1, 0.15) is 6.04 Å². The summed E-state index contributed by atoms with van der Waals surface area (Å²) in [5, 5.41) is 11.5. The van der Waals surface area contributed by atoms with E-state index in [4.69, 9.17) is 10.8 Å². The molecule has 0 aromatic carbocycles. The molecule has 1 aromatic heterocycles. The second-order valence-corrected chi connectivity index (χ2v) is 4.01. The average molecular weight is 251 g/mol. The Morgan fingerprint density at radius 1 is 1.50 bits per heavy atom. The van der Waals surface area contributed by atoms with Crippen molar-refractivity contribution in [2.45, 2.75) is 32.2 Å². The van der Waals surface area contributed by atoms with Crippen LogP contribution in [-0.2, 0) is 4.79 Å². The monoisotopic (exact) mass is 251 g/mol. The molecule has 0 aliphatic rings. The average Bonchev–Trinajstić information content (AvgIpc) is 2.33. The first-order valence-corrected chi connectivity index (χ1v) is 5.78. The van der Waals surface area contributed by atoms with Gasteiger partial charge in [0.15, 0.2) is 0 Å². The fourth-order valence-corrected chi connectivity index (χ4v) is 1.49. The molecule has 98 valence electrons. The largest absolute Gasteiger partial charge is 0.480 e. The van der Waals surface area contributed by atoms with Gasteiger partial charge in [-0.3, -0.25) is 9.78 Å². The molecular formula is C12H17N3O3. The third-order valence-electron chi connectivity index (χ3n) is 2.47. The Balaban J connectivity index is 2.69. The number of rotatable bonds is 6. The molecule has 1 unspecified atom stereocenters. The quantitative estimate of drug-likeness (QED) is 0.700. The zero-order valence-electron chi connectivity index (χ0n) is 10.2. The van der Waals surface area contributed by atoms with E-state index in [0.717, 1.165) is 12.8 Å². The van der Waals surface area contributed by atoms with Crippen LogP contribution in [0, 0.1) is 0 Å². The predicted octanol–water partition coefficient (Wildman–Crippen LogP) is 1.04. The number of carbonyl (C=O) groups excluding carboxylic acids is 1. The van der Waals surface area contributed by atoms with Crippen LogP contribution in [0.15, 0.2) is 18.5 Å². The summed E-state index contributed by atoms with van der Waals surface area (Å²) in [7, 11) is 0. The number of pyridine rings is 1. The van der Waals surface area contributed by atoms with Crippen LogP contribution in [0.5, 0.6) is 0 Å². The number of hydrogen-bond acceptors (Lipinski definition) is 4. The van der Waals surface area contributed by atoms with Crippen LogP contribution in [-0.4, -0.2) is 28.0 Å². The normalized spacial score (nSPS) is 11.8. The van der Waals surface area contributed by atoms with Crippen LogP contribution in [0.3, 0.4) is 0 Å². The SMILES string of the molecule is CCCCC(NC(=O)c1cncc(N)c1)C(=O)O. The van der Waals surface area contributed by atoms with Gasteiger partial charge < -0.3 is 16.2 Å². The highest BCUT2D eigenvalue weighted by atomic mass is 16.4. The first-order valence-electron chi connectivity index (χ1n) is 5.78. The summed E-state index contributed by atoms with van der Waals surface area (Å²) in [5.41, 5.74) is 6.13. The predicted molar refractivity (Wildman–Crippen MR) is 67.1 cm³/mol. The maximum absolute atomic E-state index is 11.8. The molecule has 0 bridgehead atoms. The summed E-state index contributed by atoms with van der Waals surface area (Å²) in [4.78, 5) is 26.6. The van der Waals surface area contributed by atoms with Crippen molar-refractivity contribution in [2.75, 3.05) is 5.73 Å². The third kappa shape index (κ3) is 4.04. The summed E-state index contributed by atoms with van der Waals surface area (Å²) in [6.45, 7) is 1.96. The Morgan fingerprint density at radius 3 is 2.78 bits per heavy atom. The zero-order chi connectivity index (χ0) is 13.5. The fraction of sp³-hybridized carbons (Fsp3) is 0.417. The summed E-state index contributed by atoms with van der Waals surface area (Å²) < 4.78 is 0. The number of carbonyl (C=O) groups is 2. The number of hydrogen-bond donors (Lipinski definition) is 3. The number of nitrogen functional groups attached to an aromatic ring is 1. The second-order valence-electron chi connectivity index (χ2n) is 4.01. The minimum atomic E-state index is -1.03. The molecule has 0 aliphatic heterocycles. The van der Waals surface area contributed by atoms with Gasteiger partial charge in [-0.05, 0) is 12.5 Å². The molecule has 1 rings (SSSR count). The maximum Gasteiger partial charge on any atom is 0.326 e. The lowest BCUT2D eigenvalue weighted by molar-refractivity contribution is -0.139. The van der Waals surface area contributed by atoms with Crippen LogP contribution in [0.4, 0.5) is 5.69 Å². The number of anilines is 1. The van der Waals surface area contributed by atoms with E-state index in [0.29, 0.717) is 12.1 Å². The maximum atomic E-state index is 11.8. The zero-order valence-corrected chi connectivity index (χ0v) is 10.2. The fourth-order valence-electron chi connectivity index (χ4n) is 1.49. The van der Waals surface area contributed by atoms with Gasteiger partial charge in [0.05, 0.1) is 11.3 Å². The van der Waals surface area contributed by atoms with Crippen molar-refractivity contribution in [3.63, 3.8) is 0 Å². The standard InChI is InChI=1S/C12H17N3O3/c1-2-3-4-10(12(17)18)15-11(16)8-5-9(13)7-14-6-8/h5-7,10H,2-4,13H2,1H3,(H,15,16)(H,17,18). The Labute approximate surface area is 105 Å². The summed E-state index contributed by atoms with van der Waals surface area (Å²) in [6.07, 6.45) is 4.80. The lowest BCUT2D eigenvalue weighted by Crippen LogP contribution is -2.40. The summed E-state index contributed by atoms with van der Waals surface area (Å²) in [5.74, 6) is -1.51. The van der Waals surface area contributed by atoms with Crippen LogP contribution >= 0.6 is 0 Å². The van der Waals surface area contributed by atoms with E-state index in [-0.39, 0.29) is 5.56 Å². The van der Waals surface area contributed by atoms with Crippen LogP contribution < -0.4 is 11.1 Å². The lowest BCUT2D eigenvalue weighted by Gasteiger charge is -2.14. The molecule has 6 heteroatoms. The molecule has 6 nitrogen and oxygen atoms in total. The summed E-state index contributed by atoms with van der Waals surface area (Å²) >= 11 is 0. The molecule has 0 saturated carbocycles. The molecule has 0 fully saturated rings. The van der Waals surface area contributed by atoms with Crippen LogP contribution in [0.2, 0.25) is 0 Å². The van der Waals surface area contributed by atoms with Gasteiger partial charge in [-0.15, -0.1) is 0 Å². The number of amides is 1. The Morgan fingerprint density at radius 2 is 2.22 bits per heavy atom. The van der Waals surface area contributed by atoms with Crippen molar-refractivity contribution in [3.05, 3.63) is 24.0 Å². The van der Waals surface area contributed by atoms with Gasteiger partial charge in [0, 0.05) is 12.4 Å². The molecule has 1 amide bonds. The number of aliphatic carboxylic acids is 1. The van der Waals surface area contributed by atoms with E-state index >= 15 is 0 Å². The van der Waals surface area contributed by atoms with E-state index in [1.807, 2.05) is 6.92 Å². The third-order valence-corrected chi connectivity index (χ3v) is 2.47. The number of carboxylic acids is 1. The van der Waals surface area contributed by atoms with Gasteiger partial charge in [-0.1, -0.05) is 19.8 Å². The number of carboxylic acid groups (broad SMARTS) is 1. The van der Waals surface area contributed by atoms with Gasteiger partial charge in [0.2, 0.25) is 0 Å². The number of nitrogens with two attached hydrogens (primary N) is 1. The topological polar surface area (TPSA) is 105 Å². The molecule has 18 heavy (non-hydrogen) atoms. The lowest BCUT2D eigenvalue weighted by atomic mass is 10.1. The first kappa shape index (κ1) is 14.0. The van der Waals surface area contributed by atoms with Crippen LogP contribution in [0.25, 0.3) is 0 Å². The number of aromatic nitrogens is 1. The minimum Gasteiger partial charge on any atom is -0.480 e. The van der Waals surface area contributed by atoms with Crippen molar-refractivity contribution in [3.8, 4) is 0 Å². The minimum absolute atomic E-state index is 0.262. The number of unbranched alkanes of at least 4 members (excludes halogenated alkanes) is 1. The van der Waals surface area contributed by atoms with Gasteiger partial charge in [-0.2, -0.15) is 0 Å². The van der Waals surface area contributed by atoms with Crippen molar-refractivity contribution >= 4 is 17.6 Å². The van der Waals surface area contributed by atoms with E-state index in [1.54, 1.807) is 0 Å². The van der Waals surface area contributed by atoms with E-state index in [1.165, 1.54) is 18.5 Å². The van der Waals surface area contributed by atoms with Gasteiger partial charge >= 0.3 is 5.97 Å². The molecule has 4 N–H and O–H groups in total. The Kier molecular flexibility index (Phi) is 5.10. The second kappa shape index (κ2) is 6.58. The Hall–Kier alpha value is -2.11. The molecule has 0 spiro atoms. The molecule has 0 radical (unpaired) electrons. The van der Waals surface area contributed by atoms with Crippen molar-refractivity contribution < 1.29 is 14.7 Å². The van der Waals surface area contributed by atoms with Gasteiger partial charge in [-0.25, -0.2) is 4.79 Å². The van der Waals surface area contributed by atoms with Crippen molar-refractivity contribution in [2.24, 2.45) is 0 Å². The number of nitrogens with one attached hydrogen (secondary N) is 1. The van der Waals surface area contributed by atoms with E-state index < -0.39 is 17.9 Å². The molecule has 1 heterocycles. The van der Waals surface area contributed by atoms with E-state index in [2.05, 4.69) is 10.3 Å². The van der Waals surface area contributed by atoms with Crippen LogP contribution in [0.1, 0.15) is 36.5 Å². The highest BCUT2D eigenvalue weighted by molar-refractivity contribution is 5.96. The number of nitrogens with zero attached hydrogens (tertiary/aromatic N) is 1. The van der Waals surface area contributed by atoms with E-state index in [9.17, 15) is 9.59 Å². The van der Waals surface area contributed by atoms with Crippen molar-refractivity contribution in [1.82, 2.24) is 10.3 Å². The Bertz CT molecular complexity index is 434. The molecule has 0 saturated heterocycles. The van der Waals surface area contributed by atoms with Gasteiger partial charge in [0.25, 0.3) is 5.91 Å². The molecule has 0 aliphatic carbocycles. The smallest absolute Gasteiger partial charge is 0.326 e. The summed E-state index contributed by atoms with van der Waals surface area (Å²) in [6, 6.07) is 0.583. The molecule has 1 atom stereocenters. The molecule has 1 aromatic rings. The highest BCUT2D eigenvalue weighted by Gasteiger charge is 2.20. The highest BCUT2D eigenvalue weighted by Crippen LogP contribution is 2.06.